The van der Waals surface area contributed by atoms with Crippen molar-refractivity contribution in [3.8, 4) is 11.5 Å². The van der Waals surface area contributed by atoms with Crippen LogP contribution in [0.15, 0.2) is 73.9 Å². The van der Waals surface area contributed by atoms with Crippen LogP contribution >= 0.6 is 0 Å². The van der Waals surface area contributed by atoms with Gasteiger partial charge in [-0.3, -0.25) is 0 Å². The zero-order valence-corrected chi connectivity index (χ0v) is 12.8. The van der Waals surface area contributed by atoms with Crippen molar-refractivity contribution in [3.05, 3.63) is 90.5 Å². The predicted molar refractivity (Wildman–Crippen MR) is 92.0 cm³/mol. The van der Waals surface area contributed by atoms with E-state index in [0.29, 0.717) is 12.4 Å². The number of hydrogen-bond acceptors (Lipinski definition) is 2. The van der Waals surface area contributed by atoms with Crippen LogP contribution in [0.3, 0.4) is 0 Å². The fourth-order valence-corrected chi connectivity index (χ4v) is 2.28. The van der Waals surface area contributed by atoms with Crippen LogP contribution in [0, 0.1) is 6.92 Å². The molecule has 0 bridgehead atoms. The normalized spacial score (nSPS) is 11.0. The number of aromatic hydroxyl groups is 1. The monoisotopic (exact) mass is 292 g/mol. The standard InChI is InChI=1S/C20H20O2/c1-4-8-16(5-2)20-12-6-9-17(15(20)3)14-22-19-11-7-10-18(21)13-19/h4-13,21H,1-2,14H2,3H3/b16-8+. The molecule has 0 fully saturated rings. The fourth-order valence-electron chi connectivity index (χ4n) is 2.28. The van der Waals surface area contributed by atoms with Crippen LogP contribution in [0.1, 0.15) is 16.7 Å². The molecule has 0 saturated carbocycles. The van der Waals surface area contributed by atoms with E-state index in [4.69, 9.17) is 4.74 Å². The van der Waals surface area contributed by atoms with Gasteiger partial charge in [-0.2, -0.15) is 0 Å². The zero-order valence-electron chi connectivity index (χ0n) is 12.8. The van der Waals surface area contributed by atoms with Crippen LogP contribution in [0.5, 0.6) is 11.5 Å². The summed E-state index contributed by atoms with van der Waals surface area (Å²) < 4.78 is 5.76. The highest BCUT2D eigenvalue weighted by molar-refractivity contribution is 5.77. The second-order valence-electron chi connectivity index (χ2n) is 4.94. The van der Waals surface area contributed by atoms with Crippen LogP contribution in [0.4, 0.5) is 0 Å². The van der Waals surface area contributed by atoms with Gasteiger partial charge in [0.25, 0.3) is 0 Å². The average Bonchev–Trinajstić information content (AvgIpc) is 2.52. The predicted octanol–water partition coefficient (Wildman–Crippen LogP) is 5.04. The lowest BCUT2D eigenvalue weighted by Gasteiger charge is -2.13. The molecular formula is C20H20O2. The lowest BCUT2D eigenvalue weighted by molar-refractivity contribution is 0.303. The quantitative estimate of drug-likeness (QED) is 0.756. The molecule has 0 radical (unpaired) electrons. The summed E-state index contributed by atoms with van der Waals surface area (Å²) in [6.45, 7) is 10.1. The first-order valence-electron chi connectivity index (χ1n) is 7.11. The van der Waals surface area contributed by atoms with E-state index in [0.717, 1.165) is 22.3 Å². The first-order chi connectivity index (χ1) is 10.7. The van der Waals surface area contributed by atoms with Gasteiger partial charge in [0, 0.05) is 6.07 Å². The molecule has 0 spiro atoms. The number of phenols is 1. The Hall–Kier alpha value is -2.74. The molecule has 2 rings (SSSR count). The Morgan fingerprint density at radius 3 is 2.64 bits per heavy atom. The Morgan fingerprint density at radius 2 is 1.95 bits per heavy atom. The highest BCUT2D eigenvalue weighted by atomic mass is 16.5. The van der Waals surface area contributed by atoms with Gasteiger partial charge in [-0.15, -0.1) is 0 Å². The van der Waals surface area contributed by atoms with Gasteiger partial charge in [0.1, 0.15) is 18.1 Å². The van der Waals surface area contributed by atoms with Crippen molar-refractivity contribution in [1.29, 1.82) is 0 Å². The minimum atomic E-state index is 0.200. The smallest absolute Gasteiger partial charge is 0.123 e. The lowest BCUT2D eigenvalue weighted by atomic mass is 9.96. The van der Waals surface area contributed by atoms with Crippen molar-refractivity contribution >= 4 is 5.57 Å². The molecule has 1 N–H and O–H groups in total. The SMILES string of the molecule is C=C/C=C(\C=C)c1cccc(COc2cccc(O)c2)c1C. The van der Waals surface area contributed by atoms with Crippen LogP contribution in [-0.4, -0.2) is 5.11 Å². The molecule has 0 amide bonds. The van der Waals surface area contributed by atoms with Gasteiger partial charge in [-0.1, -0.05) is 55.7 Å². The second-order valence-corrected chi connectivity index (χ2v) is 4.94. The Balaban J connectivity index is 2.24. The number of benzene rings is 2. The van der Waals surface area contributed by atoms with Gasteiger partial charge in [0.05, 0.1) is 0 Å². The summed E-state index contributed by atoms with van der Waals surface area (Å²) >= 11 is 0. The Bertz CT molecular complexity index is 711. The Labute approximate surface area is 131 Å². The topological polar surface area (TPSA) is 29.5 Å². The summed E-state index contributed by atoms with van der Waals surface area (Å²) in [6.07, 6.45) is 5.52. The fraction of sp³-hybridized carbons (Fsp3) is 0.100. The summed E-state index contributed by atoms with van der Waals surface area (Å²) in [5.74, 6) is 0.848. The molecule has 0 aliphatic heterocycles. The molecule has 0 unspecified atom stereocenters. The maximum Gasteiger partial charge on any atom is 0.123 e. The maximum atomic E-state index is 9.46. The van der Waals surface area contributed by atoms with E-state index < -0.39 is 0 Å². The third kappa shape index (κ3) is 3.67. The largest absolute Gasteiger partial charge is 0.508 e. The number of rotatable bonds is 6. The molecule has 0 aromatic heterocycles. The molecule has 2 aromatic rings. The van der Waals surface area contributed by atoms with Crippen LogP contribution in [0.2, 0.25) is 0 Å². The van der Waals surface area contributed by atoms with Crippen molar-refractivity contribution in [1.82, 2.24) is 0 Å². The van der Waals surface area contributed by atoms with Crippen LogP contribution in [-0.2, 0) is 6.61 Å². The number of allylic oxidation sites excluding steroid dienone is 4. The molecule has 0 heterocycles. The van der Waals surface area contributed by atoms with E-state index in [1.54, 1.807) is 24.3 Å². The van der Waals surface area contributed by atoms with Crippen molar-refractivity contribution in [2.45, 2.75) is 13.5 Å². The summed E-state index contributed by atoms with van der Waals surface area (Å²) in [7, 11) is 0. The molecule has 0 aliphatic rings. The first kappa shape index (κ1) is 15.6. The minimum absolute atomic E-state index is 0.200. The second kappa shape index (κ2) is 7.32. The van der Waals surface area contributed by atoms with Gasteiger partial charge < -0.3 is 9.84 Å². The lowest BCUT2D eigenvalue weighted by Crippen LogP contribution is -2.00. The maximum absolute atomic E-state index is 9.46. The summed E-state index contributed by atoms with van der Waals surface area (Å²) in [4.78, 5) is 0. The van der Waals surface area contributed by atoms with E-state index in [-0.39, 0.29) is 5.75 Å². The molecule has 112 valence electrons. The van der Waals surface area contributed by atoms with E-state index in [9.17, 15) is 5.11 Å². The summed E-state index contributed by atoms with van der Waals surface area (Å²) in [6, 6.07) is 12.9. The number of ether oxygens (including phenoxy) is 1. The highest BCUT2D eigenvalue weighted by Crippen LogP contribution is 2.25. The minimum Gasteiger partial charge on any atom is -0.508 e. The molecule has 0 saturated heterocycles. The summed E-state index contributed by atoms with van der Waals surface area (Å²) in [5.41, 5.74) is 4.40. The van der Waals surface area contributed by atoms with Crippen LogP contribution in [0.25, 0.3) is 5.57 Å². The average molecular weight is 292 g/mol. The van der Waals surface area contributed by atoms with Crippen molar-refractivity contribution in [3.63, 3.8) is 0 Å². The molecule has 22 heavy (non-hydrogen) atoms. The molecule has 0 atom stereocenters. The first-order valence-corrected chi connectivity index (χ1v) is 7.11. The van der Waals surface area contributed by atoms with Gasteiger partial charge >= 0.3 is 0 Å². The van der Waals surface area contributed by atoms with E-state index in [1.807, 2.05) is 30.4 Å². The van der Waals surface area contributed by atoms with E-state index >= 15 is 0 Å². The third-order valence-corrected chi connectivity index (χ3v) is 3.49. The Kier molecular flexibility index (Phi) is 5.21. The van der Waals surface area contributed by atoms with Crippen molar-refractivity contribution in [2.24, 2.45) is 0 Å². The Morgan fingerprint density at radius 1 is 1.18 bits per heavy atom. The van der Waals surface area contributed by atoms with Gasteiger partial charge in [0.2, 0.25) is 0 Å². The molecule has 2 nitrogen and oxygen atoms in total. The summed E-state index contributed by atoms with van der Waals surface area (Å²) in [5, 5.41) is 9.46. The molecule has 2 heteroatoms. The van der Waals surface area contributed by atoms with Crippen molar-refractivity contribution in [2.75, 3.05) is 0 Å². The molecular weight excluding hydrogens is 272 g/mol. The zero-order chi connectivity index (χ0) is 15.9. The van der Waals surface area contributed by atoms with E-state index in [2.05, 4.69) is 26.1 Å². The number of phenolic OH excluding ortho intramolecular Hbond substituents is 1. The number of hydrogen-bond donors (Lipinski definition) is 1. The van der Waals surface area contributed by atoms with E-state index in [1.165, 1.54) is 0 Å². The molecule has 2 aromatic carbocycles. The highest BCUT2D eigenvalue weighted by Gasteiger charge is 2.07. The van der Waals surface area contributed by atoms with Gasteiger partial charge in [-0.05, 0) is 41.3 Å². The van der Waals surface area contributed by atoms with Gasteiger partial charge in [0.15, 0.2) is 0 Å². The van der Waals surface area contributed by atoms with Gasteiger partial charge in [-0.25, -0.2) is 0 Å². The third-order valence-electron chi connectivity index (χ3n) is 3.49. The van der Waals surface area contributed by atoms with Crippen LogP contribution < -0.4 is 4.74 Å². The molecule has 0 aliphatic carbocycles. The van der Waals surface area contributed by atoms with Crippen molar-refractivity contribution < 1.29 is 9.84 Å².